The summed E-state index contributed by atoms with van der Waals surface area (Å²) in [7, 11) is 0. The fourth-order valence-electron chi connectivity index (χ4n) is 2.67. The van der Waals surface area contributed by atoms with Gasteiger partial charge in [-0.1, -0.05) is 32.9 Å². The lowest BCUT2D eigenvalue weighted by atomic mass is 9.87. The highest BCUT2D eigenvalue weighted by Crippen LogP contribution is 2.25. The summed E-state index contributed by atoms with van der Waals surface area (Å²) >= 11 is 1.45. The molecule has 8 heteroatoms. The summed E-state index contributed by atoms with van der Waals surface area (Å²) in [6, 6.07) is 15.4. The van der Waals surface area contributed by atoms with Gasteiger partial charge in [0.2, 0.25) is 11.8 Å². The summed E-state index contributed by atoms with van der Waals surface area (Å²) in [6.07, 6.45) is 3.05. The number of nitrogens with one attached hydrogen (secondary N) is 2. The van der Waals surface area contributed by atoms with Gasteiger partial charge in [-0.3, -0.25) is 9.59 Å². The minimum Gasteiger partial charge on any atom is -0.346 e. The Hall–Kier alpha value is -3.13. The van der Waals surface area contributed by atoms with E-state index < -0.39 is 0 Å². The van der Waals surface area contributed by atoms with Crippen LogP contribution in [-0.2, 0) is 15.0 Å². The molecule has 0 bridgehead atoms. The molecule has 0 unspecified atom stereocenters. The first kappa shape index (κ1) is 21.6. The van der Waals surface area contributed by atoms with Crippen molar-refractivity contribution in [2.24, 2.45) is 0 Å². The van der Waals surface area contributed by atoms with E-state index in [0.29, 0.717) is 5.69 Å². The fraction of sp³-hybridized carbons (Fsp3) is 0.273. The van der Waals surface area contributed by atoms with Crippen LogP contribution in [0.3, 0.4) is 0 Å². The van der Waals surface area contributed by atoms with E-state index in [2.05, 4.69) is 53.6 Å². The zero-order chi connectivity index (χ0) is 21.6. The number of carbonyl (C=O) groups excluding carboxylic acids is 2. The van der Waals surface area contributed by atoms with Gasteiger partial charge in [0.05, 0.1) is 18.0 Å². The molecule has 3 rings (SSSR count). The van der Waals surface area contributed by atoms with Crippen molar-refractivity contribution >= 4 is 29.3 Å². The molecule has 0 aliphatic heterocycles. The zero-order valence-corrected chi connectivity index (χ0v) is 18.1. The number of thioether (sulfide) groups is 1. The molecule has 1 aromatic heterocycles. The van der Waals surface area contributed by atoms with E-state index in [9.17, 15) is 9.59 Å². The van der Waals surface area contributed by atoms with Crippen LogP contribution in [0.15, 0.2) is 66.1 Å². The van der Waals surface area contributed by atoms with Gasteiger partial charge >= 0.3 is 0 Å². The van der Waals surface area contributed by atoms with Crippen LogP contribution in [0.1, 0.15) is 26.3 Å². The second-order valence-electron chi connectivity index (χ2n) is 7.77. The molecule has 156 valence electrons. The van der Waals surface area contributed by atoms with E-state index in [1.807, 2.05) is 24.3 Å². The third-order valence-corrected chi connectivity index (χ3v) is 5.38. The van der Waals surface area contributed by atoms with Crippen molar-refractivity contribution in [3.8, 4) is 5.69 Å². The summed E-state index contributed by atoms with van der Waals surface area (Å²) in [5.41, 5.74) is 2.84. The van der Waals surface area contributed by atoms with Crippen molar-refractivity contribution in [3.05, 3.63) is 66.7 Å². The summed E-state index contributed by atoms with van der Waals surface area (Å²) in [4.78, 5) is 29.0. The number of nitrogens with zero attached hydrogens (tertiary/aromatic N) is 3. The summed E-state index contributed by atoms with van der Waals surface area (Å²) < 4.78 is 1.63. The minimum atomic E-state index is -0.281. The van der Waals surface area contributed by atoms with Crippen molar-refractivity contribution in [3.63, 3.8) is 0 Å². The number of aromatic nitrogens is 3. The lowest BCUT2D eigenvalue weighted by Gasteiger charge is -2.19. The van der Waals surface area contributed by atoms with Crippen LogP contribution < -0.4 is 10.6 Å². The Morgan fingerprint density at radius 2 is 1.70 bits per heavy atom. The first-order valence-corrected chi connectivity index (χ1v) is 10.5. The molecule has 2 amide bonds. The maximum atomic E-state index is 12.1. The highest BCUT2D eigenvalue weighted by molar-refractivity contribution is 8.00. The van der Waals surface area contributed by atoms with Crippen molar-refractivity contribution in [1.29, 1.82) is 0 Å². The van der Waals surface area contributed by atoms with E-state index >= 15 is 0 Å². The van der Waals surface area contributed by atoms with Gasteiger partial charge in [-0.2, -0.15) is 5.10 Å². The molecule has 0 fully saturated rings. The molecule has 7 nitrogen and oxygen atoms in total. The minimum absolute atomic E-state index is 0.0762. The summed E-state index contributed by atoms with van der Waals surface area (Å²) in [6.45, 7) is 6.42. The van der Waals surface area contributed by atoms with Crippen LogP contribution >= 0.6 is 11.8 Å². The van der Waals surface area contributed by atoms with E-state index in [1.165, 1.54) is 23.7 Å². The van der Waals surface area contributed by atoms with Crippen LogP contribution in [0.5, 0.6) is 0 Å². The first-order valence-electron chi connectivity index (χ1n) is 9.56. The van der Waals surface area contributed by atoms with Gasteiger partial charge in [0.15, 0.2) is 0 Å². The summed E-state index contributed by atoms with van der Waals surface area (Å²) in [5.74, 6) is -0.206. The molecule has 0 spiro atoms. The second-order valence-corrected chi connectivity index (χ2v) is 8.82. The van der Waals surface area contributed by atoms with Gasteiger partial charge < -0.3 is 10.6 Å². The molecule has 2 aromatic carbocycles. The molecule has 1 heterocycles. The molecule has 0 radical (unpaired) electrons. The Labute approximate surface area is 180 Å². The summed E-state index contributed by atoms with van der Waals surface area (Å²) in [5, 5.41) is 9.46. The van der Waals surface area contributed by atoms with Gasteiger partial charge in [0, 0.05) is 10.6 Å². The topological polar surface area (TPSA) is 88.9 Å². The standard InChI is InChI=1S/C22H25N5O2S/c1-22(2,3)16-4-10-19(11-5-16)30-13-21(29)24-12-20(28)26-17-6-8-18(9-7-17)27-15-23-14-25-27/h4-11,14-15H,12-13H2,1-3H3,(H,24,29)(H,26,28). The average molecular weight is 424 g/mol. The number of rotatable bonds is 7. The Morgan fingerprint density at radius 1 is 1.00 bits per heavy atom. The first-order chi connectivity index (χ1) is 14.3. The third-order valence-electron chi connectivity index (χ3n) is 4.37. The van der Waals surface area contributed by atoms with Gasteiger partial charge in [0.25, 0.3) is 0 Å². The van der Waals surface area contributed by atoms with Crippen molar-refractivity contribution in [1.82, 2.24) is 20.1 Å². The van der Waals surface area contributed by atoms with E-state index in [1.54, 1.807) is 23.1 Å². The molecule has 2 N–H and O–H groups in total. The number of hydrogen-bond donors (Lipinski definition) is 2. The molecule has 0 aliphatic rings. The monoisotopic (exact) mass is 423 g/mol. The fourth-order valence-corrected chi connectivity index (χ4v) is 3.40. The molecule has 30 heavy (non-hydrogen) atoms. The number of hydrogen-bond acceptors (Lipinski definition) is 5. The lowest BCUT2D eigenvalue weighted by Crippen LogP contribution is -2.33. The van der Waals surface area contributed by atoms with Crippen molar-refractivity contribution in [2.75, 3.05) is 17.6 Å². The highest BCUT2D eigenvalue weighted by Gasteiger charge is 2.13. The van der Waals surface area contributed by atoms with Crippen LogP contribution in [0.4, 0.5) is 5.69 Å². The Bertz CT molecular complexity index is 978. The van der Waals surface area contributed by atoms with Crippen LogP contribution in [-0.4, -0.2) is 38.9 Å². The third kappa shape index (κ3) is 6.18. The van der Waals surface area contributed by atoms with Gasteiger partial charge in [-0.05, 0) is 47.4 Å². The van der Waals surface area contributed by atoms with Gasteiger partial charge in [-0.25, -0.2) is 9.67 Å². The zero-order valence-electron chi connectivity index (χ0n) is 17.3. The number of carbonyl (C=O) groups is 2. The molecule has 0 saturated carbocycles. The quantitative estimate of drug-likeness (QED) is 0.569. The van der Waals surface area contributed by atoms with Gasteiger partial charge in [-0.15, -0.1) is 11.8 Å². The molecular formula is C22H25N5O2S. The van der Waals surface area contributed by atoms with Gasteiger partial charge in [0.1, 0.15) is 12.7 Å². The largest absolute Gasteiger partial charge is 0.346 e. The average Bonchev–Trinajstić information content (AvgIpc) is 3.26. The maximum Gasteiger partial charge on any atom is 0.243 e. The Balaban J connectivity index is 1.40. The van der Waals surface area contributed by atoms with Crippen molar-refractivity contribution < 1.29 is 9.59 Å². The lowest BCUT2D eigenvalue weighted by molar-refractivity contribution is -0.122. The molecule has 0 saturated heterocycles. The van der Waals surface area contributed by atoms with E-state index in [-0.39, 0.29) is 29.5 Å². The maximum absolute atomic E-state index is 12.1. The molecule has 0 aliphatic carbocycles. The number of benzene rings is 2. The number of anilines is 1. The smallest absolute Gasteiger partial charge is 0.243 e. The van der Waals surface area contributed by atoms with Crippen LogP contribution in [0.2, 0.25) is 0 Å². The molecular weight excluding hydrogens is 398 g/mol. The number of amides is 2. The Kier molecular flexibility index (Phi) is 6.89. The van der Waals surface area contributed by atoms with Crippen molar-refractivity contribution in [2.45, 2.75) is 31.1 Å². The Morgan fingerprint density at radius 3 is 2.30 bits per heavy atom. The normalized spacial score (nSPS) is 11.2. The van der Waals surface area contributed by atoms with E-state index in [0.717, 1.165) is 10.6 Å². The predicted octanol–water partition coefficient (Wildman–Crippen LogP) is 3.41. The molecule has 3 aromatic rings. The van der Waals surface area contributed by atoms with Crippen LogP contribution in [0.25, 0.3) is 5.69 Å². The molecule has 0 atom stereocenters. The van der Waals surface area contributed by atoms with E-state index in [4.69, 9.17) is 0 Å². The van der Waals surface area contributed by atoms with Crippen LogP contribution in [0, 0.1) is 0 Å². The second kappa shape index (κ2) is 9.58. The highest BCUT2D eigenvalue weighted by atomic mass is 32.2. The predicted molar refractivity (Wildman–Crippen MR) is 119 cm³/mol. The SMILES string of the molecule is CC(C)(C)c1ccc(SCC(=O)NCC(=O)Nc2ccc(-n3cncn3)cc2)cc1.